The van der Waals surface area contributed by atoms with Gasteiger partial charge in [0.05, 0.1) is 26.7 Å². The molecule has 0 aliphatic carbocycles. The molecule has 0 spiro atoms. The van der Waals surface area contributed by atoms with Gasteiger partial charge in [0, 0.05) is 18.0 Å². The van der Waals surface area contributed by atoms with Gasteiger partial charge in [-0.15, -0.1) is 11.3 Å². The average Bonchev–Trinajstić information content (AvgIpc) is 3.02. The Kier molecular flexibility index (Phi) is 6.10. The number of ether oxygens (including phenoxy) is 2. The Labute approximate surface area is 138 Å². The van der Waals surface area contributed by atoms with E-state index in [0.29, 0.717) is 31.2 Å². The summed E-state index contributed by atoms with van der Waals surface area (Å²) in [5.74, 6) is -0.910. The predicted molar refractivity (Wildman–Crippen MR) is 82.6 cm³/mol. The van der Waals surface area contributed by atoms with Gasteiger partial charge in [0.2, 0.25) is 5.91 Å². The van der Waals surface area contributed by atoms with Crippen molar-refractivity contribution in [1.29, 1.82) is 0 Å². The number of esters is 1. The molecule has 1 saturated heterocycles. The molecule has 0 unspecified atom stereocenters. The zero-order valence-electron chi connectivity index (χ0n) is 12.6. The normalized spacial score (nSPS) is 16.0. The quantitative estimate of drug-likeness (QED) is 0.691. The summed E-state index contributed by atoms with van der Waals surface area (Å²) in [5, 5.41) is 2.41. The van der Waals surface area contributed by atoms with Gasteiger partial charge in [-0.1, -0.05) is 0 Å². The summed E-state index contributed by atoms with van der Waals surface area (Å²) in [6, 6.07) is 3.11. The van der Waals surface area contributed by atoms with Crippen LogP contribution in [0.15, 0.2) is 16.3 Å². The second-order valence-corrected chi connectivity index (χ2v) is 8.10. The first-order valence-electron chi connectivity index (χ1n) is 6.93. The molecule has 0 bridgehead atoms. The van der Waals surface area contributed by atoms with Crippen LogP contribution in [0.2, 0.25) is 0 Å². The van der Waals surface area contributed by atoms with E-state index in [-0.39, 0.29) is 23.1 Å². The Morgan fingerprint density at radius 2 is 2.04 bits per heavy atom. The molecule has 8 nitrogen and oxygen atoms in total. The molecule has 1 aromatic heterocycles. The molecule has 0 atom stereocenters. The highest BCUT2D eigenvalue weighted by atomic mass is 32.2. The van der Waals surface area contributed by atoms with Crippen molar-refractivity contribution < 1.29 is 27.5 Å². The molecule has 1 amide bonds. The highest BCUT2D eigenvalue weighted by Crippen LogP contribution is 2.25. The van der Waals surface area contributed by atoms with Crippen molar-refractivity contribution in [3.8, 4) is 0 Å². The van der Waals surface area contributed by atoms with E-state index in [9.17, 15) is 18.0 Å². The molecule has 1 aromatic rings. The van der Waals surface area contributed by atoms with Crippen LogP contribution in [-0.4, -0.2) is 64.6 Å². The van der Waals surface area contributed by atoms with Crippen LogP contribution in [0, 0.1) is 0 Å². The largest absolute Gasteiger partial charge is 0.468 e. The van der Waals surface area contributed by atoms with E-state index in [2.05, 4.69) is 10.1 Å². The molecule has 10 heteroatoms. The van der Waals surface area contributed by atoms with Gasteiger partial charge in [0.1, 0.15) is 10.8 Å². The molecule has 1 fully saturated rings. The van der Waals surface area contributed by atoms with Crippen LogP contribution in [0.25, 0.3) is 0 Å². The van der Waals surface area contributed by atoms with Crippen molar-refractivity contribution in [3.05, 3.63) is 17.0 Å². The van der Waals surface area contributed by atoms with Gasteiger partial charge in [-0.05, 0) is 12.1 Å². The summed E-state index contributed by atoms with van der Waals surface area (Å²) in [7, 11) is -2.31. The maximum atomic E-state index is 12.5. The maximum Gasteiger partial charge on any atom is 0.325 e. The van der Waals surface area contributed by atoms with E-state index in [1.54, 1.807) is 6.07 Å². The number of hydrogen-bond donors (Lipinski definition) is 1. The fourth-order valence-electron chi connectivity index (χ4n) is 1.97. The van der Waals surface area contributed by atoms with Gasteiger partial charge in [0.25, 0.3) is 10.0 Å². The minimum absolute atomic E-state index is 0.0142. The number of sulfonamides is 1. The topological polar surface area (TPSA) is 102 Å². The first kappa shape index (κ1) is 17.9. The SMILES string of the molecule is COC(=O)CNC(=O)Cc1ccc(S(=O)(=O)N2CCOCC2)s1. The number of nitrogens with zero attached hydrogens (tertiary/aromatic N) is 1. The minimum Gasteiger partial charge on any atom is -0.468 e. The van der Waals surface area contributed by atoms with Crippen LogP contribution in [0.1, 0.15) is 4.88 Å². The van der Waals surface area contributed by atoms with Crippen LogP contribution in [0.4, 0.5) is 0 Å². The molecule has 0 aromatic carbocycles. The fourth-order valence-corrected chi connectivity index (χ4v) is 4.89. The number of nitrogens with one attached hydrogen (secondary N) is 1. The molecule has 128 valence electrons. The summed E-state index contributed by atoms with van der Waals surface area (Å²) in [6.07, 6.45) is 0.0142. The van der Waals surface area contributed by atoms with Crippen molar-refractivity contribution in [3.63, 3.8) is 0 Å². The van der Waals surface area contributed by atoms with Gasteiger partial charge >= 0.3 is 5.97 Å². The van der Waals surface area contributed by atoms with E-state index in [1.165, 1.54) is 17.5 Å². The molecule has 2 heterocycles. The number of thiophene rings is 1. The van der Waals surface area contributed by atoms with Crippen LogP contribution < -0.4 is 5.32 Å². The van der Waals surface area contributed by atoms with Crippen LogP contribution in [0.5, 0.6) is 0 Å². The van der Waals surface area contributed by atoms with E-state index in [0.717, 1.165) is 11.3 Å². The summed E-state index contributed by atoms with van der Waals surface area (Å²) in [6.45, 7) is 1.21. The third-order valence-electron chi connectivity index (χ3n) is 3.19. The number of carbonyl (C=O) groups excluding carboxylic acids is 2. The minimum atomic E-state index is -3.54. The van der Waals surface area contributed by atoms with E-state index in [1.807, 2.05) is 0 Å². The molecule has 23 heavy (non-hydrogen) atoms. The maximum absolute atomic E-state index is 12.5. The van der Waals surface area contributed by atoms with Gasteiger partial charge in [-0.3, -0.25) is 9.59 Å². The molecule has 1 aliphatic heterocycles. The molecule has 1 N–H and O–H groups in total. The third kappa shape index (κ3) is 4.74. The van der Waals surface area contributed by atoms with Gasteiger partial charge in [-0.25, -0.2) is 8.42 Å². The first-order valence-corrected chi connectivity index (χ1v) is 9.19. The molecule has 0 saturated carbocycles. The summed E-state index contributed by atoms with van der Waals surface area (Å²) >= 11 is 1.05. The lowest BCUT2D eigenvalue weighted by atomic mass is 10.3. The van der Waals surface area contributed by atoms with Crippen LogP contribution >= 0.6 is 11.3 Å². The highest BCUT2D eigenvalue weighted by Gasteiger charge is 2.27. The Morgan fingerprint density at radius 3 is 2.70 bits per heavy atom. The predicted octanol–water partition coefficient (Wildman–Crippen LogP) is -0.399. The van der Waals surface area contributed by atoms with Gasteiger partial charge in [-0.2, -0.15) is 4.31 Å². The van der Waals surface area contributed by atoms with Crippen LogP contribution in [-0.2, 0) is 35.5 Å². The zero-order valence-corrected chi connectivity index (χ0v) is 14.2. The van der Waals surface area contributed by atoms with Gasteiger partial charge in [0.15, 0.2) is 0 Å². The standard InChI is InChI=1S/C13H18N2O6S2/c1-20-12(17)9-14-11(16)8-10-2-3-13(22-10)23(18,19)15-4-6-21-7-5-15/h2-3H,4-9H2,1H3,(H,14,16). The van der Waals surface area contributed by atoms with Gasteiger partial charge < -0.3 is 14.8 Å². The average molecular weight is 362 g/mol. The van der Waals surface area contributed by atoms with Crippen molar-refractivity contribution in [2.75, 3.05) is 40.0 Å². The second kappa shape index (κ2) is 7.86. The lowest BCUT2D eigenvalue weighted by Crippen LogP contribution is -2.40. The summed E-state index contributed by atoms with van der Waals surface area (Å²) < 4.78 is 36.1. The molecule has 2 rings (SSSR count). The van der Waals surface area contributed by atoms with Crippen molar-refractivity contribution >= 4 is 33.2 Å². The molecular formula is C13H18N2O6S2. The Balaban J connectivity index is 1.97. The van der Waals surface area contributed by atoms with Crippen molar-refractivity contribution in [2.45, 2.75) is 10.6 Å². The Hall–Kier alpha value is -1.49. The highest BCUT2D eigenvalue weighted by molar-refractivity contribution is 7.91. The van der Waals surface area contributed by atoms with E-state index in [4.69, 9.17) is 4.74 Å². The Morgan fingerprint density at radius 1 is 1.35 bits per heavy atom. The molecule has 1 aliphatic rings. The number of carbonyl (C=O) groups is 2. The van der Waals surface area contributed by atoms with Crippen molar-refractivity contribution in [1.82, 2.24) is 9.62 Å². The number of morpholine rings is 1. The second-order valence-electron chi connectivity index (χ2n) is 4.77. The third-order valence-corrected chi connectivity index (χ3v) is 6.64. The van der Waals surface area contributed by atoms with Crippen LogP contribution in [0.3, 0.4) is 0 Å². The smallest absolute Gasteiger partial charge is 0.325 e. The Bertz CT molecular complexity index is 664. The monoisotopic (exact) mass is 362 g/mol. The molecule has 0 radical (unpaired) electrons. The van der Waals surface area contributed by atoms with E-state index < -0.39 is 16.0 Å². The number of methoxy groups -OCH3 is 1. The number of hydrogen-bond acceptors (Lipinski definition) is 7. The summed E-state index contributed by atoms with van der Waals surface area (Å²) in [5.41, 5.74) is 0. The first-order chi connectivity index (χ1) is 10.9. The lowest BCUT2D eigenvalue weighted by molar-refractivity contribution is -0.141. The zero-order chi connectivity index (χ0) is 16.9. The van der Waals surface area contributed by atoms with Crippen molar-refractivity contribution in [2.24, 2.45) is 0 Å². The lowest BCUT2D eigenvalue weighted by Gasteiger charge is -2.25. The summed E-state index contributed by atoms with van der Waals surface area (Å²) in [4.78, 5) is 23.3. The fraction of sp³-hybridized carbons (Fsp3) is 0.538. The van der Waals surface area contributed by atoms with E-state index >= 15 is 0 Å². The molecular weight excluding hydrogens is 344 g/mol. The number of rotatable bonds is 6. The number of amides is 1.